The van der Waals surface area contributed by atoms with Crippen molar-refractivity contribution in [2.75, 3.05) is 13.2 Å². The van der Waals surface area contributed by atoms with Crippen LogP contribution < -0.4 is 0 Å². The lowest BCUT2D eigenvalue weighted by molar-refractivity contribution is -0.167. The van der Waals surface area contributed by atoms with Gasteiger partial charge in [-0.3, -0.25) is 14.4 Å². The smallest absolute Gasteiger partial charge is 0.306 e. The summed E-state index contributed by atoms with van der Waals surface area (Å²) in [5.74, 6) is -0.899. The molecule has 412 valence electrons. The van der Waals surface area contributed by atoms with Gasteiger partial charge in [0.25, 0.3) is 0 Å². The number of ether oxygens (including phenoxy) is 3. The van der Waals surface area contributed by atoms with Crippen LogP contribution in [0.5, 0.6) is 0 Å². The van der Waals surface area contributed by atoms with E-state index in [1.165, 1.54) is 128 Å². The molecule has 0 bridgehead atoms. The van der Waals surface area contributed by atoms with Crippen molar-refractivity contribution in [1.29, 1.82) is 0 Å². The molecule has 0 aromatic rings. The molecule has 0 aliphatic rings. The molecule has 0 radical (unpaired) electrons. The van der Waals surface area contributed by atoms with Crippen LogP contribution in [-0.4, -0.2) is 37.2 Å². The lowest BCUT2D eigenvalue weighted by Gasteiger charge is -2.18. The first-order valence-electron chi connectivity index (χ1n) is 30.2. The molecule has 0 aliphatic heterocycles. The minimum absolute atomic E-state index is 0.0805. The molecule has 0 heterocycles. The number of unbranched alkanes of at least 4 members (excludes halogenated alkanes) is 27. The normalized spacial score (nSPS) is 12.8. The summed E-state index contributed by atoms with van der Waals surface area (Å²) in [5, 5.41) is 0. The fourth-order valence-corrected chi connectivity index (χ4v) is 8.30. The number of hydrogen-bond donors (Lipinski definition) is 0. The standard InChI is InChI=1S/C66H112O6/c1-4-7-10-13-15-17-19-21-23-25-27-28-29-30-31-32-33-34-35-36-37-38-39-41-42-44-46-48-50-53-56-59-65(68)71-62-63(61-70-64(67)58-55-52-12-9-6-3)72-66(69)60-57-54-51-49-47-45-43-40-26-24-22-20-18-16-14-11-8-5-2/h7,10,15,17-18,20-21,23-24,26-28,30-31,33-34,63H,4-6,8-9,11-14,16,19,22,25,29,32,35-62H2,1-3H3/b10-7-,17-15-,20-18-,23-21-,26-24-,28-27-,31-30-,34-33-. The van der Waals surface area contributed by atoms with E-state index >= 15 is 0 Å². The van der Waals surface area contributed by atoms with E-state index in [9.17, 15) is 14.4 Å². The number of hydrogen-bond acceptors (Lipinski definition) is 6. The molecular weight excluding hydrogens is 889 g/mol. The predicted octanol–water partition coefficient (Wildman–Crippen LogP) is 20.5. The highest BCUT2D eigenvalue weighted by Crippen LogP contribution is 2.15. The van der Waals surface area contributed by atoms with Crippen molar-refractivity contribution in [2.24, 2.45) is 0 Å². The molecule has 0 aromatic carbocycles. The zero-order chi connectivity index (χ0) is 52.2. The number of carbonyl (C=O) groups excluding carboxylic acids is 3. The largest absolute Gasteiger partial charge is 0.462 e. The van der Waals surface area contributed by atoms with Gasteiger partial charge in [0.15, 0.2) is 6.10 Å². The predicted molar refractivity (Wildman–Crippen MR) is 311 cm³/mol. The summed E-state index contributed by atoms with van der Waals surface area (Å²) in [7, 11) is 0. The van der Waals surface area contributed by atoms with Gasteiger partial charge >= 0.3 is 17.9 Å². The lowest BCUT2D eigenvalue weighted by Crippen LogP contribution is -2.30. The topological polar surface area (TPSA) is 78.9 Å². The fourth-order valence-electron chi connectivity index (χ4n) is 8.30. The highest BCUT2D eigenvalue weighted by molar-refractivity contribution is 5.71. The van der Waals surface area contributed by atoms with Gasteiger partial charge in [-0.1, -0.05) is 259 Å². The van der Waals surface area contributed by atoms with Crippen LogP contribution in [0.1, 0.15) is 284 Å². The second-order valence-corrected chi connectivity index (χ2v) is 19.9. The Hall–Kier alpha value is -3.67. The maximum Gasteiger partial charge on any atom is 0.306 e. The zero-order valence-electron chi connectivity index (χ0n) is 47.2. The minimum Gasteiger partial charge on any atom is -0.462 e. The first kappa shape index (κ1) is 68.3. The molecule has 1 atom stereocenters. The summed E-state index contributed by atoms with van der Waals surface area (Å²) in [4.78, 5) is 37.8. The maximum atomic E-state index is 12.8. The molecule has 0 saturated carbocycles. The Labute approximate surface area is 445 Å². The number of esters is 3. The quantitative estimate of drug-likeness (QED) is 0.0261. The molecule has 1 unspecified atom stereocenters. The molecule has 0 amide bonds. The van der Waals surface area contributed by atoms with Gasteiger partial charge in [-0.15, -0.1) is 0 Å². The van der Waals surface area contributed by atoms with Crippen LogP contribution in [0.2, 0.25) is 0 Å². The molecule has 6 heteroatoms. The second kappa shape index (κ2) is 59.9. The summed E-state index contributed by atoms with van der Waals surface area (Å²) < 4.78 is 16.7. The maximum absolute atomic E-state index is 12.8. The van der Waals surface area contributed by atoms with Gasteiger partial charge in [-0.05, 0) is 103 Å². The summed E-state index contributed by atoms with van der Waals surface area (Å²) in [6, 6.07) is 0. The van der Waals surface area contributed by atoms with Gasteiger partial charge in [0, 0.05) is 19.3 Å². The van der Waals surface area contributed by atoms with Crippen molar-refractivity contribution in [3.63, 3.8) is 0 Å². The van der Waals surface area contributed by atoms with Crippen LogP contribution >= 0.6 is 0 Å². The van der Waals surface area contributed by atoms with Crippen molar-refractivity contribution in [1.82, 2.24) is 0 Å². The number of carbonyl (C=O) groups is 3. The van der Waals surface area contributed by atoms with Crippen LogP contribution in [0.3, 0.4) is 0 Å². The van der Waals surface area contributed by atoms with E-state index < -0.39 is 6.10 Å². The van der Waals surface area contributed by atoms with Gasteiger partial charge in [0.05, 0.1) is 0 Å². The molecule has 0 rings (SSSR count). The molecule has 0 spiro atoms. The van der Waals surface area contributed by atoms with Crippen LogP contribution in [0, 0.1) is 0 Å². The molecule has 0 N–H and O–H groups in total. The van der Waals surface area contributed by atoms with Crippen molar-refractivity contribution in [3.05, 3.63) is 97.2 Å². The van der Waals surface area contributed by atoms with Gasteiger partial charge in [-0.2, -0.15) is 0 Å². The third-order valence-electron chi connectivity index (χ3n) is 12.8. The van der Waals surface area contributed by atoms with Crippen molar-refractivity contribution < 1.29 is 28.6 Å². The average Bonchev–Trinajstić information content (AvgIpc) is 3.38. The minimum atomic E-state index is -0.778. The Kier molecular flexibility index (Phi) is 56.8. The molecule has 6 nitrogen and oxygen atoms in total. The van der Waals surface area contributed by atoms with E-state index in [4.69, 9.17) is 14.2 Å². The first-order valence-corrected chi connectivity index (χ1v) is 30.2. The Balaban J connectivity index is 4.04. The second-order valence-electron chi connectivity index (χ2n) is 19.9. The van der Waals surface area contributed by atoms with E-state index in [1.54, 1.807) is 0 Å². The molecule has 0 aromatic heterocycles. The Morgan fingerprint density at radius 2 is 0.542 bits per heavy atom. The molecule has 72 heavy (non-hydrogen) atoms. The molecule has 0 saturated heterocycles. The lowest BCUT2D eigenvalue weighted by atomic mass is 10.0. The van der Waals surface area contributed by atoms with Gasteiger partial charge in [-0.25, -0.2) is 0 Å². The van der Waals surface area contributed by atoms with Crippen LogP contribution in [-0.2, 0) is 28.6 Å². The van der Waals surface area contributed by atoms with Crippen LogP contribution in [0.4, 0.5) is 0 Å². The average molecular weight is 1000 g/mol. The molecular formula is C66H112O6. The van der Waals surface area contributed by atoms with Gasteiger partial charge in [0.1, 0.15) is 13.2 Å². The van der Waals surface area contributed by atoms with E-state index in [0.717, 1.165) is 116 Å². The SMILES string of the molecule is CC/C=C\C/C=C\C/C=C\C/C=C\C/C=C\C/C=C\CCCCCCCCCCCCCCC(=O)OCC(COC(=O)CCCCCCC)OC(=O)CCCCCCCCC/C=C\C/C=C\CCCCCC. The van der Waals surface area contributed by atoms with E-state index in [-0.39, 0.29) is 31.1 Å². The van der Waals surface area contributed by atoms with Crippen molar-refractivity contribution in [3.8, 4) is 0 Å². The Morgan fingerprint density at radius 1 is 0.292 bits per heavy atom. The number of allylic oxidation sites excluding steroid dienone is 16. The molecule has 0 fully saturated rings. The Bertz CT molecular complexity index is 1430. The highest BCUT2D eigenvalue weighted by Gasteiger charge is 2.19. The summed E-state index contributed by atoms with van der Waals surface area (Å²) in [6.07, 6.45) is 80.2. The van der Waals surface area contributed by atoms with Crippen molar-refractivity contribution >= 4 is 17.9 Å². The van der Waals surface area contributed by atoms with E-state index in [2.05, 4.69) is 118 Å². The summed E-state index contributed by atoms with van der Waals surface area (Å²) in [5.41, 5.74) is 0. The number of rotatable bonds is 54. The highest BCUT2D eigenvalue weighted by atomic mass is 16.6. The molecule has 0 aliphatic carbocycles. The fraction of sp³-hybridized carbons (Fsp3) is 0.712. The summed E-state index contributed by atoms with van der Waals surface area (Å²) in [6.45, 7) is 6.43. The monoisotopic (exact) mass is 1000 g/mol. The third-order valence-corrected chi connectivity index (χ3v) is 12.8. The zero-order valence-corrected chi connectivity index (χ0v) is 47.2. The van der Waals surface area contributed by atoms with Crippen LogP contribution in [0.15, 0.2) is 97.2 Å². The van der Waals surface area contributed by atoms with E-state index in [1.807, 2.05) is 0 Å². The van der Waals surface area contributed by atoms with Crippen molar-refractivity contribution in [2.45, 2.75) is 290 Å². The van der Waals surface area contributed by atoms with Crippen LogP contribution in [0.25, 0.3) is 0 Å². The van der Waals surface area contributed by atoms with E-state index in [0.29, 0.717) is 19.3 Å². The van der Waals surface area contributed by atoms with Gasteiger partial charge in [0.2, 0.25) is 0 Å². The summed E-state index contributed by atoms with van der Waals surface area (Å²) >= 11 is 0. The van der Waals surface area contributed by atoms with Gasteiger partial charge < -0.3 is 14.2 Å². The Morgan fingerprint density at radius 3 is 0.861 bits per heavy atom. The first-order chi connectivity index (χ1) is 35.5. The third kappa shape index (κ3) is 57.2.